The zero-order valence-corrected chi connectivity index (χ0v) is 15.0. The molecule has 2 aromatic rings. The van der Waals surface area contributed by atoms with E-state index in [2.05, 4.69) is 22.5 Å². The van der Waals surface area contributed by atoms with Crippen LogP contribution in [0.1, 0.15) is 24.8 Å². The fourth-order valence-electron chi connectivity index (χ4n) is 3.33. The number of carbonyl (C=O) groups excluding carboxylic acids is 2. The van der Waals surface area contributed by atoms with Crippen LogP contribution in [0.2, 0.25) is 0 Å². The molecule has 6 nitrogen and oxygen atoms in total. The molecule has 0 bridgehead atoms. The highest BCUT2D eigenvalue weighted by atomic mass is 16.2. The Morgan fingerprint density at radius 3 is 2.81 bits per heavy atom. The monoisotopic (exact) mass is 354 g/mol. The van der Waals surface area contributed by atoms with E-state index < -0.39 is 0 Å². The van der Waals surface area contributed by atoms with Crippen molar-refractivity contribution in [1.82, 2.24) is 20.0 Å². The lowest BCUT2D eigenvalue weighted by molar-refractivity contribution is -0.138. The topological polar surface area (TPSA) is 67.2 Å². The number of piperidine rings is 1. The summed E-state index contributed by atoms with van der Waals surface area (Å²) in [6.07, 6.45) is 6.57. The fourth-order valence-corrected chi connectivity index (χ4v) is 3.33. The molecule has 1 aromatic heterocycles. The lowest BCUT2D eigenvalue weighted by Crippen LogP contribution is -2.46. The van der Waals surface area contributed by atoms with Crippen molar-refractivity contribution in [3.05, 3.63) is 54.4 Å². The SMILES string of the molecule is O=C(NCCn1cccn1)C1CCC(=O)N(CCCc2ccccc2)C1. The van der Waals surface area contributed by atoms with Gasteiger partial charge in [-0.2, -0.15) is 5.10 Å². The van der Waals surface area contributed by atoms with Gasteiger partial charge in [0.05, 0.1) is 12.5 Å². The molecule has 2 amide bonds. The predicted molar refractivity (Wildman–Crippen MR) is 99.3 cm³/mol. The number of carbonyl (C=O) groups is 2. The summed E-state index contributed by atoms with van der Waals surface area (Å²) in [5, 5.41) is 7.09. The first-order chi connectivity index (χ1) is 12.7. The molecule has 1 saturated heterocycles. The van der Waals surface area contributed by atoms with Crippen LogP contribution in [0.15, 0.2) is 48.8 Å². The van der Waals surface area contributed by atoms with Gasteiger partial charge >= 0.3 is 0 Å². The summed E-state index contributed by atoms with van der Waals surface area (Å²) in [6, 6.07) is 12.1. The Morgan fingerprint density at radius 2 is 2.04 bits per heavy atom. The van der Waals surface area contributed by atoms with Crippen molar-refractivity contribution in [1.29, 1.82) is 0 Å². The molecule has 0 spiro atoms. The molecule has 1 unspecified atom stereocenters. The van der Waals surface area contributed by atoms with Gasteiger partial charge in [-0.05, 0) is 30.9 Å². The number of amides is 2. The molecule has 0 saturated carbocycles. The van der Waals surface area contributed by atoms with E-state index in [1.165, 1.54) is 5.56 Å². The van der Waals surface area contributed by atoms with E-state index in [0.29, 0.717) is 39.0 Å². The maximum Gasteiger partial charge on any atom is 0.224 e. The number of aryl methyl sites for hydroxylation is 1. The van der Waals surface area contributed by atoms with Crippen LogP contribution in [0.3, 0.4) is 0 Å². The summed E-state index contributed by atoms with van der Waals surface area (Å²) in [5.74, 6) is 0.0958. The van der Waals surface area contributed by atoms with Gasteiger partial charge in [0.1, 0.15) is 0 Å². The maximum atomic E-state index is 12.4. The summed E-state index contributed by atoms with van der Waals surface area (Å²) in [7, 11) is 0. The number of hydrogen-bond acceptors (Lipinski definition) is 3. The fraction of sp³-hybridized carbons (Fsp3) is 0.450. The Morgan fingerprint density at radius 1 is 1.19 bits per heavy atom. The van der Waals surface area contributed by atoms with Gasteiger partial charge in [-0.1, -0.05) is 30.3 Å². The second-order valence-corrected chi connectivity index (χ2v) is 6.72. The Balaban J connectivity index is 1.41. The Bertz CT molecular complexity index is 700. The van der Waals surface area contributed by atoms with Gasteiger partial charge < -0.3 is 10.2 Å². The van der Waals surface area contributed by atoms with E-state index in [0.717, 1.165) is 12.8 Å². The molecule has 6 heteroatoms. The highest BCUT2D eigenvalue weighted by Gasteiger charge is 2.29. The van der Waals surface area contributed by atoms with E-state index in [9.17, 15) is 9.59 Å². The Hall–Kier alpha value is -2.63. The Kier molecular flexibility index (Phi) is 6.41. The molecule has 1 fully saturated rings. The van der Waals surface area contributed by atoms with Crippen LogP contribution in [0.25, 0.3) is 0 Å². The van der Waals surface area contributed by atoms with E-state index in [1.807, 2.05) is 35.4 Å². The number of rotatable bonds is 8. The Labute approximate surface area is 154 Å². The van der Waals surface area contributed by atoms with Crippen molar-refractivity contribution < 1.29 is 9.59 Å². The van der Waals surface area contributed by atoms with Gasteiger partial charge in [0.25, 0.3) is 0 Å². The van der Waals surface area contributed by atoms with E-state index >= 15 is 0 Å². The summed E-state index contributed by atoms with van der Waals surface area (Å²) in [5.41, 5.74) is 1.28. The number of likely N-dealkylation sites (tertiary alicyclic amines) is 1. The van der Waals surface area contributed by atoms with Crippen LogP contribution < -0.4 is 5.32 Å². The minimum Gasteiger partial charge on any atom is -0.354 e. The molecule has 3 rings (SSSR count). The molecule has 26 heavy (non-hydrogen) atoms. The predicted octanol–water partition coefficient (Wildman–Crippen LogP) is 1.87. The van der Waals surface area contributed by atoms with E-state index in [-0.39, 0.29) is 17.7 Å². The van der Waals surface area contributed by atoms with Crippen molar-refractivity contribution in [3.63, 3.8) is 0 Å². The lowest BCUT2D eigenvalue weighted by Gasteiger charge is -2.32. The van der Waals surface area contributed by atoms with Crippen molar-refractivity contribution >= 4 is 11.8 Å². The number of nitrogens with one attached hydrogen (secondary N) is 1. The van der Waals surface area contributed by atoms with E-state index in [4.69, 9.17) is 0 Å². The molecule has 1 aromatic carbocycles. The molecule has 2 heterocycles. The van der Waals surface area contributed by atoms with Crippen LogP contribution in [0.5, 0.6) is 0 Å². The summed E-state index contributed by atoms with van der Waals surface area (Å²) < 4.78 is 1.79. The minimum atomic E-state index is -0.109. The van der Waals surface area contributed by atoms with Gasteiger partial charge in [0.15, 0.2) is 0 Å². The largest absolute Gasteiger partial charge is 0.354 e. The van der Waals surface area contributed by atoms with Gasteiger partial charge in [0, 0.05) is 38.4 Å². The molecule has 1 aliphatic rings. The van der Waals surface area contributed by atoms with Crippen LogP contribution >= 0.6 is 0 Å². The number of nitrogens with zero attached hydrogens (tertiary/aromatic N) is 3. The van der Waals surface area contributed by atoms with Crippen molar-refractivity contribution in [2.24, 2.45) is 5.92 Å². The summed E-state index contributed by atoms with van der Waals surface area (Å²) >= 11 is 0. The number of benzene rings is 1. The summed E-state index contributed by atoms with van der Waals surface area (Å²) in [4.78, 5) is 26.4. The quantitative estimate of drug-likeness (QED) is 0.787. The summed E-state index contributed by atoms with van der Waals surface area (Å²) in [6.45, 7) is 2.45. The van der Waals surface area contributed by atoms with Crippen LogP contribution in [-0.4, -0.2) is 46.1 Å². The number of aromatic nitrogens is 2. The van der Waals surface area contributed by atoms with Crippen LogP contribution in [0, 0.1) is 5.92 Å². The highest BCUT2D eigenvalue weighted by molar-refractivity contribution is 5.83. The first kappa shape index (κ1) is 18.2. The zero-order valence-electron chi connectivity index (χ0n) is 15.0. The first-order valence-corrected chi connectivity index (χ1v) is 9.29. The molecule has 0 radical (unpaired) electrons. The molecule has 1 N–H and O–H groups in total. The normalized spacial score (nSPS) is 17.3. The second kappa shape index (κ2) is 9.17. The van der Waals surface area contributed by atoms with Gasteiger partial charge in [-0.25, -0.2) is 0 Å². The third-order valence-corrected chi connectivity index (χ3v) is 4.81. The third kappa shape index (κ3) is 5.18. The molecular weight excluding hydrogens is 328 g/mol. The molecule has 0 aliphatic carbocycles. The highest BCUT2D eigenvalue weighted by Crippen LogP contribution is 2.18. The van der Waals surface area contributed by atoms with Gasteiger partial charge in [-0.15, -0.1) is 0 Å². The van der Waals surface area contributed by atoms with E-state index in [1.54, 1.807) is 10.9 Å². The second-order valence-electron chi connectivity index (χ2n) is 6.72. The average molecular weight is 354 g/mol. The first-order valence-electron chi connectivity index (χ1n) is 9.29. The van der Waals surface area contributed by atoms with Gasteiger partial charge in [-0.3, -0.25) is 14.3 Å². The molecular formula is C20H26N4O2. The third-order valence-electron chi connectivity index (χ3n) is 4.81. The molecule has 138 valence electrons. The van der Waals surface area contributed by atoms with Crippen LogP contribution in [0.4, 0.5) is 0 Å². The van der Waals surface area contributed by atoms with Crippen molar-refractivity contribution in [2.45, 2.75) is 32.2 Å². The molecule has 1 aliphatic heterocycles. The molecule has 1 atom stereocenters. The maximum absolute atomic E-state index is 12.4. The smallest absolute Gasteiger partial charge is 0.224 e. The zero-order chi connectivity index (χ0) is 18.2. The van der Waals surface area contributed by atoms with Crippen LogP contribution in [-0.2, 0) is 22.6 Å². The minimum absolute atomic E-state index is 0.0396. The van der Waals surface area contributed by atoms with Crippen molar-refractivity contribution in [2.75, 3.05) is 19.6 Å². The average Bonchev–Trinajstić information content (AvgIpc) is 3.17. The lowest BCUT2D eigenvalue weighted by atomic mass is 9.96. The van der Waals surface area contributed by atoms with Gasteiger partial charge in [0.2, 0.25) is 11.8 Å². The number of hydrogen-bond donors (Lipinski definition) is 1. The van der Waals surface area contributed by atoms with Crippen molar-refractivity contribution in [3.8, 4) is 0 Å². The standard InChI is InChI=1S/C20H26N4O2/c25-19-10-9-18(20(26)21-12-15-24-14-5-11-22-24)16-23(19)13-4-8-17-6-2-1-3-7-17/h1-3,5-7,11,14,18H,4,8-10,12-13,15-16H2,(H,21,26).